The molecular weight excluding hydrogens is 889 g/mol. The summed E-state index contributed by atoms with van der Waals surface area (Å²) in [5, 5.41) is 3.65. The average Bonchev–Trinajstić information content (AvgIpc) is 3.63. The zero-order valence-electron chi connectivity index (χ0n) is 33.0. The van der Waals surface area contributed by atoms with Crippen LogP contribution < -0.4 is 5.19 Å². The van der Waals surface area contributed by atoms with E-state index in [2.05, 4.69) is 146 Å². The van der Waals surface area contributed by atoms with Crippen LogP contribution in [0.3, 0.4) is 0 Å². The summed E-state index contributed by atoms with van der Waals surface area (Å²) in [5.41, 5.74) is 11.9. The average molecular weight is 937 g/mol. The molecule has 3 fully saturated rings. The Hall–Kier alpha value is -4.93. The van der Waals surface area contributed by atoms with Gasteiger partial charge in [0.25, 0.3) is 0 Å². The third kappa shape index (κ3) is 8.53. The molecule has 3 aliphatic carbocycles. The molecule has 3 aliphatic rings. The number of furan rings is 1. The molecule has 0 saturated heterocycles. The van der Waals surface area contributed by atoms with E-state index in [0.29, 0.717) is 0 Å². The monoisotopic (exact) mass is 937 g/mol. The van der Waals surface area contributed by atoms with Gasteiger partial charge in [0.1, 0.15) is 5.58 Å². The molecule has 1 radical (unpaired) electrons. The van der Waals surface area contributed by atoms with E-state index in [1.807, 2.05) is 36.7 Å². The summed E-state index contributed by atoms with van der Waals surface area (Å²) in [6.07, 6.45) is 12.4. The number of fused-ring (bicyclic) bond motifs is 6. The number of benzene rings is 5. The number of rotatable bonds is 7. The largest absolute Gasteiger partial charge is 0.501 e. The van der Waals surface area contributed by atoms with Crippen molar-refractivity contribution in [3.05, 3.63) is 164 Å². The molecule has 57 heavy (non-hydrogen) atoms. The number of hydrogen-bond acceptors (Lipinski definition) is 3. The van der Waals surface area contributed by atoms with Crippen LogP contribution in [0.25, 0.3) is 66.7 Å². The zero-order valence-corrected chi connectivity index (χ0v) is 36.4. The van der Waals surface area contributed by atoms with Gasteiger partial charge in [0.15, 0.2) is 0 Å². The maximum Gasteiger partial charge on any atom is 0.121 e. The quantitative estimate of drug-likeness (QED) is 0.118. The van der Waals surface area contributed by atoms with E-state index in [0.717, 1.165) is 62.2 Å². The fourth-order valence-electron chi connectivity index (χ4n) is 8.94. The molecule has 1 atom stereocenters. The molecule has 1 unspecified atom stereocenters. The van der Waals surface area contributed by atoms with E-state index in [1.165, 1.54) is 71.5 Å². The summed E-state index contributed by atoms with van der Waals surface area (Å²) in [4.78, 5) is 9.37. The van der Waals surface area contributed by atoms with E-state index in [4.69, 9.17) is 9.40 Å². The smallest absolute Gasteiger partial charge is 0.121 e. The molecule has 5 aromatic carbocycles. The first-order chi connectivity index (χ1) is 27.4. The van der Waals surface area contributed by atoms with Crippen molar-refractivity contribution in [2.24, 2.45) is 17.8 Å². The molecule has 0 N–H and O–H groups in total. The van der Waals surface area contributed by atoms with Gasteiger partial charge in [-0.3, -0.25) is 0 Å². The van der Waals surface area contributed by atoms with Crippen LogP contribution in [0, 0.1) is 29.9 Å². The van der Waals surface area contributed by atoms with Crippen molar-refractivity contribution in [3.8, 4) is 44.8 Å². The minimum Gasteiger partial charge on any atom is -0.501 e. The van der Waals surface area contributed by atoms with Crippen molar-refractivity contribution in [2.45, 2.75) is 58.2 Å². The Morgan fingerprint density at radius 1 is 0.667 bits per heavy atom. The first kappa shape index (κ1) is 38.9. The van der Waals surface area contributed by atoms with Crippen LogP contribution in [0.15, 0.2) is 150 Å². The molecule has 11 rings (SSSR count). The summed E-state index contributed by atoms with van der Waals surface area (Å²) in [7, 11) is -1.28. The minimum atomic E-state index is -1.28. The van der Waals surface area contributed by atoms with Crippen molar-refractivity contribution in [1.29, 1.82) is 0 Å². The molecule has 2 bridgehead atoms. The van der Waals surface area contributed by atoms with Crippen LogP contribution >= 0.6 is 0 Å². The van der Waals surface area contributed by atoms with Gasteiger partial charge < -0.3 is 14.4 Å². The summed E-state index contributed by atoms with van der Waals surface area (Å²) in [6, 6.07) is 53.3. The Morgan fingerprint density at radius 3 is 2.05 bits per heavy atom. The van der Waals surface area contributed by atoms with Gasteiger partial charge in [0.2, 0.25) is 0 Å². The SMILES string of the molecule is C[Si](C)(C)c1ccc(-c2[c-]cc(-c3ccccc3)cc2)nc1.[Ir].[c-]1ccc2c(oc3cc(-c4ccccc4)ccc32)c1-c1cc(CC2CC3CCC2CC3)ccn1. The summed E-state index contributed by atoms with van der Waals surface area (Å²) >= 11 is 0. The number of hydrogen-bond donors (Lipinski definition) is 0. The molecule has 3 aromatic heterocycles. The third-order valence-corrected chi connectivity index (χ3v) is 14.2. The van der Waals surface area contributed by atoms with E-state index < -0.39 is 8.07 Å². The van der Waals surface area contributed by atoms with E-state index in [9.17, 15) is 0 Å². The second kappa shape index (κ2) is 16.9. The number of aromatic nitrogens is 2. The molecule has 287 valence electrons. The van der Waals surface area contributed by atoms with Crippen molar-refractivity contribution >= 4 is 35.2 Å². The van der Waals surface area contributed by atoms with Gasteiger partial charge >= 0.3 is 0 Å². The summed E-state index contributed by atoms with van der Waals surface area (Å²) in [6.45, 7) is 7.01. The van der Waals surface area contributed by atoms with E-state index in [1.54, 1.807) is 0 Å². The van der Waals surface area contributed by atoms with Gasteiger partial charge in [0, 0.05) is 37.9 Å². The second-order valence-electron chi connectivity index (χ2n) is 16.8. The standard InChI is InChI=1S/C32H28NO.C20H20NSi.Ir/c1-2-5-23(6-3-1)25-13-14-27-28-7-4-8-29(32(28)34-31(27)20-25)30-19-22(15-16-33-30)18-26-17-21-9-11-24(26)12-10-21;1-22(2,3)19-13-14-20(21-15-19)18-11-9-17(10-12-18)16-7-5-4-6-8-16;/h1-7,13-16,19-21,24,26H,9-12,17-18H2;4-11,13-15H,1-3H3;/q2*-1;. The van der Waals surface area contributed by atoms with Crippen LogP contribution in [-0.4, -0.2) is 18.0 Å². The van der Waals surface area contributed by atoms with Crippen LogP contribution in [0.5, 0.6) is 0 Å². The van der Waals surface area contributed by atoms with Crippen LogP contribution in [0.1, 0.15) is 37.7 Å². The normalized spacial score (nSPS) is 17.5. The molecule has 3 heterocycles. The maximum atomic E-state index is 6.46. The van der Waals surface area contributed by atoms with Crippen LogP contribution in [-0.2, 0) is 26.5 Å². The first-order valence-corrected chi connectivity index (χ1v) is 23.8. The minimum absolute atomic E-state index is 0. The molecule has 3 nitrogen and oxygen atoms in total. The predicted octanol–water partition coefficient (Wildman–Crippen LogP) is 13.2. The van der Waals surface area contributed by atoms with Gasteiger partial charge in [0.05, 0.1) is 13.7 Å². The molecule has 0 aliphatic heterocycles. The Morgan fingerprint density at radius 2 is 1.40 bits per heavy atom. The van der Waals surface area contributed by atoms with Crippen molar-refractivity contribution in [1.82, 2.24) is 9.97 Å². The predicted molar refractivity (Wildman–Crippen MR) is 235 cm³/mol. The van der Waals surface area contributed by atoms with E-state index in [-0.39, 0.29) is 20.1 Å². The Balaban J connectivity index is 0.000000172. The van der Waals surface area contributed by atoms with Gasteiger partial charge in [-0.25, -0.2) is 0 Å². The van der Waals surface area contributed by atoms with Gasteiger partial charge in [-0.2, -0.15) is 0 Å². The Bertz CT molecular complexity index is 2570. The van der Waals surface area contributed by atoms with Crippen molar-refractivity contribution in [2.75, 3.05) is 0 Å². The third-order valence-electron chi connectivity index (χ3n) is 12.1. The Labute approximate surface area is 352 Å². The van der Waals surface area contributed by atoms with Gasteiger partial charge in [-0.05, 0) is 83.3 Å². The fraction of sp³-hybridized carbons (Fsp3) is 0.231. The molecular formula is C52H48IrN2OSi-2. The van der Waals surface area contributed by atoms with Crippen LogP contribution in [0.4, 0.5) is 0 Å². The molecule has 3 saturated carbocycles. The van der Waals surface area contributed by atoms with Gasteiger partial charge in [-0.1, -0.05) is 151 Å². The molecule has 8 aromatic rings. The Kier molecular flexibility index (Phi) is 11.5. The van der Waals surface area contributed by atoms with Crippen molar-refractivity contribution < 1.29 is 24.5 Å². The second-order valence-corrected chi connectivity index (χ2v) is 21.9. The van der Waals surface area contributed by atoms with Crippen LogP contribution in [0.2, 0.25) is 19.6 Å². The molecule has 0 spiro atoms. The fourth-order valence-corrected chi connectivity index (χ4v) is 9.98. The van der Waals surface area contributed by atoms with Crippen molar-refractivity contribution in [3.63, 3.8) is 0 Å². The number of nitrogens with zero attached hydrogens (tertiary/aromatic N) is 2. The number of pyridine rings is 2. The molecule has 5 heteroatoms. The van der Waals surface area contributed by atoms with Gasteiger partial charge in [-0.15, -0.1) is 48.0 Å². The maximum absolute atomic E-state index is 6.46. The zero-order chi connectivity index (χ0) is 38.1. The van der Waals surface area contributed by atoms with E-state index >= 15 is 0 Å². The molecule has 0 amide bonds. The topological polar surface area (TPSA) is 38.9 Å². The first-order valence-electron chi connectivity index (χ1n) is 20.3. The summed E-state index contributed by atoms with van der Waals surface area (Å²) < 4.78 is 6.46. The summed E-state index contributed by atoms with van der Waals surface area (Å²) in [5.74, 6) is 2.73.